The van der Waals surface area contributed by atoms with Crippen molar-refractivity contribution in [1.29, 1.82) is 0 Å². The number of ether oxygens (including phenoxy) is 2. The van der Waals surface area contributed by atoms with Crippen LogP contribution in [0.3, 0.4) is 0 Å². The van der Waals surface area contributed by atoms with Gasteiger partial charge in [-0.25, -0.2) is 0 Å². The van der Waals surface area contributed by atoms with Crippen molar-refractivity contribution < 1.29 is 19.1 Å². The fourth-order valence-electron chi connectivity index (χ4n) is 2.37. The SMILES string of the molecule is COc1ccc(/C=C(\NC(C)=O)C(=O)NCc2ccccc2Cl)cc1OC. The number of nitrogens with one attached hydrogen (secondary N) is 2. The fourth-order valence-corrected chi connectivity index (χ4v) is 2.57. The molecule has 0 aliphatic heterocycles. The maximum atomic E-state index is 12.6. The molecule has 27 heavy (non-hydrogen) atoms. The first kappa shape index (κ1) is 20.3. The topological polar surface area (TPSA) is 76.7 Å². The summed E-state index contributed by atoms with van der Waals surface area (Å²) in [6.07, 6.45) is 1.56. The third-order valence-corrected chi connectivity index (χ3v) is 4.04. The Hall–Kier alpha value is -2.99. The lowest BCUT2D eigenvalue weighted by atomic mass is 10.1. The van der Waals surface area contributed by atoms with Crippen molar-refractivity contribution in [3.05, 3.63) is 64.3 Å². The maximum Gasteiger partial charge on any atom is 0.268 e. The number of hydrogen-bond donors (Lipinski definition) is 2. The number of carbonyl (C=O) groups is 2. The van der Waals surface area contributed by atoms with Crippen molar-refractivity contribution in [3.63, 3.8) is 0 Å². The smallest absolute Gasteiger partial charge is 0.268 e. The number of carbonyl (C=O) groups excluding carboxylic acids is 2. The van der Waals surface area contributed by atoms with E-state index in [1.54, 1.807) is 30.3 Å². The highest BCUT2D eigenvalue weighted by Gasteiger charge is 2.13. The number of rotatable bonds is 7. The Morgan fingerprint density at radius 3 is 2.41 bits per heavy atom. The van der Waals surface area contributed by atoms with E-state index in [9.17, 15) is 9.59 Å². The lowest BCUT2D eigenvalue weighted by Gasteiger charge is -2.12. The number of amides is 2. The minimum atomic E-state index is -0.431. The number of halogens is 1. The Kier molecular flexibility index (Phi) is 7.25. The zero-order valence-corrected chi connectivity index (χ0v) is 16.1. The highest BCUT2D eigenvalue weighted by molar-refractivity contribution is 6.31. The summed E-state index contributed by atoms with van der Waals surface area (Å²) in [5.74, 6) is 0.304. The molecule has 6 nitrogen and oxygen atoms in total. The molecule has 0 radical (unpaired) electrons. The lowest BCUT2D eigenvalue weighted by Crippen LogP contribution is -2.33. The number of hydrogen-bond acceptors (Lipinski definition) is 4. The van der Waals surface area contributed by atoms with Crippen LogP contribution in [0, 0.1) is 0 Å². The van der Waals surface area contributed by atoms with E-state index in [1.807, 2.05) is 18.2 Å². The highest BCUT2D eigenvalue weighted by atomic mass is 35.5. The lowest BCUT2D eigenvalue weighted by molar-refractivity contribution is -0.122. The van der Waals surface area contributed by atoms with Crippen molar-refractivity contribution >= 4 is 29.5 Å². The van der Waals surface area contributed by atoms with E-state index in [0.29, 0.717) is 22.1 Å². The summed E-state index contributed by atoms with van der Waals surface area (Å²) >= 11 is 6.10. The number of methoxy groups -OCH3 is 2. The van der Waals surface area contributed by atoms with Crippen LogP contribution in [0.1, 0.15) is 18.1 Å². The minimum Gasteiger partial charge on any atom is -0.493 e. The first-order chi connectivity index (χ1) is 12.9. The van der Waals surface area contributed by atoms with Gasteiger partial charge in [-0.2, -0.15) is 0 Å². The average Bonchev–Trinajstić information content (AvgIpc) is 2.66. The van der Waals surface area contributed by atoms with Gasteiger partial charge in [-0.1, -0.05) is 35.9 Å². The van der Waals surface area contributed by atoms with Crippen LogP contribution in [-0.2, 0) is 16.1 Å². The van der Waals surface area contributed by atoms with Gasteiger partial charge in [0.15, 0.2) is 11.5 Å². The van der Waals surface area contributed by atoms with Gasteiger partial charge in [-0.3, -0.25) is 9.59 Å². The maximum absolute atomic E-state index is 12.6. The zero-order valence-electron chi connectivity index (χ0n) is 15.3. The van der Waals surface area contributed by atoms with Crippen molar-refractivity contribution in [2.24, 2.45) is 0 Å². The van der Waals surface area contributed by atoms with Crippen molar-refractivity contribution in [1.82, 2.24) is 10.6 Å². The van der Waals surface area contributed by atoms with Gasteiger partial charge in [0.2, 0.25) is 5.91 Å². The molecule has 2 N–H and O–H groups in total. The van der Waals surface area contributed by atoms with Crippen LogP contribution in [0.5, 0.6) is 11.5 Å². The Balaban J connectivity index is 2.23. The van der Waals surface area contributed by atoms with Crippen LogP contribution < -0.4 is 20.1 Å². The molecule has 0 atom stereocenters. The molecular formula is C20H21ClN2O4. The quantitative estimate of drug-likeness (QED) is 0.714. The molecule has 0 spiro atoms. The van der Waals surface area contributed by atoms with Gasteiger partial charge in [-0.05, 0) is 35.4 Å². The van der Waals surface area contributed by atoms with Crippen LogP contribution >= 0.6 is 11.6 Å². The Morgan fingerprint density at radius 1 is 1.07 bits per heavy atom. The average molecular weight is 389 g/mol. The molecule has 0 fully saturated rings. The largest absolute Gasteiger partial charge is 0.493 e. The molecule has 0 aliphatic rings. The van der Waals surface area contributed by atoms with Crippen LogP contribution in [0.15, 0.2) is 48.2 Å². The molecule has 2 aromatic rings. The number of benzene rings is 2. The van der Waals surface area contributed by atoms with E-state index >= 15 is 0 Å². The Morgan fingerprint density at radius 2 is 1.78 bits per heavy atom. The second-order valence-corrected chi connectivity index (χ2v) is 6.03. The van der Waals surface area contributed by atoms with Gasteiger partial charge in [0.05, 0.1) is 14.2 Å². The monoisotopic (exact) mass is 388 g/mol. The van der Waals surface area contributed by atoms with Crippen LogP contribution in [-0.4, -0.2) is 26.0 Å². The van der Waals surface area contributed by atoms with Gasteiger partial charge >= 0.3 is 0 Å². The van der Waals surface area contributed by atoms with Gasteiger partial charge in [0.1, 0.15) is 5.70 Å². The fraction of sp³-hybridized carbons (Fsp3) is 0.200. The van der Waals surface area contributed by atoms with E-state index < -0.39 is 5.91 Å². The van der Waals surface area contributed by atoms with E-state index in [0.717, 1.165) is 5.56 Å². The molecule has 0 aliphatic carbocycles. The first-order valence-electron chi connectivity index (χ1n) is 8.17. The third-order valence-electron chi connectivity index (χ3n) is 3.67. The summed E-state index contributed by atoms with van der Waals surface area (Å²) < 4.78 is 10.5. The standard InChI is InChI=1S/C20H21ClN2O4/c1-13(24)23-17(10-14-8-9-18(26-2)19(11-14)27-3)20(25)22-12-15-6-4-5-7-16(15)21/h4-11H,12H2,1-3H3,(H,22,25)(H,23,24)/b17-10-. The molecule has 0 bridgehead atoms. The predicted octanol–water partition coefficient (Wildman–Crippen LogP) is 3.15. The summed E-state index contributed by atoms with van der Waals surface area (Å²) in [5.41, 5.74) is 1.56. The van der Waals surface area contributed by atoms with Crippen molar-refractivity contribution in [3.8, 4) is 11.5 Å². The molecule has 0 heterocycles. The van der Waals surface area contributed by atoms with Gasteiger partial charge < -0.3 is 20.1 Å². The van der Waals surface area contributed by atoms with Crippen LogP contribution in [0.25, 0.3) is 6.08 Å². The van der Waals surface area contributed by atoms with Gasteiger partial charge in [0, 0.05) is 18.5 Å². The normalized spacial score (nSPS) is 10.9. The summed E-state index contributed by atoms with van der Waals surface area (Å²) in [4.78, 5) is 24.1. The molecule has 0 saturated heterocycles. The first-order valence-corrected chi connectivity index (χ1v) is 8.55. The minimum absolute atomic E-state index is 0.113. The van der Waals surface area contributed by atoms with E-state index in [-0.39, 0.29) is 18.1 Å². The van der Waals surface area contributed by atoms with Crippen LogP contribution in [0.4, 0.5) is 0 Å². The summed E-state index contributed by atoms with van der Waals surface area (Å²) in [5, 5.41) is 5.86. The molecule has 2 aromatic carbocycles. The molecule has 2 amide bonds. The second kappa shape index (κ2) is 9.64. The second-order valence-electron chi connectivity index (χ2n) is 5.63. The summed E-state index contributed by atoms with van der Waals surface area (Å²) in [7, 11) is 3.06. The molecular weight excluding hydrogens is 368 g/mol. The summed E-state index contributed by atoms with van der Waals surface area (Å²) in [6.45, 7) is 1.57. The predicted molar refractivity (Wildman–Crippen MR) is 105 cm³/mol. The van der Waals surface area contributed by atoms with Crippen molar-refractivity contribution in [2.75, 3.05) is 14.2 Å². The van der Waals surface area contributed by atoms with Gasteiger partial charge in [0.25, 0.3) is 5.91 Å². The zero-order chi connectivity index (χ0) is 19.8. The summed E-state index contributed by atoms with van der Waals surface area (Å²) in [6, 6.07) is 12.4. The van der Waals surface area contributed by atoms with Gasteiger partial charge in [-0.15, -0.1) is 0 Å². The van der Waals surface area contributed by atoms with Crippen molar-refractivity contribution in [2.45, 2.75) is 13.5 Å². The molecule has 0 aromatic heterocycles. The third kappa shape index (κ3) is 5.76. The molecule has 142 valence electrons. The Bertz CT molecular complexity index is 865. The van der Waals surface area contributed by atoms with E-state index in [1.165, 1.54) is 21.1 Å². The molecule has 0 unspecified atom stereocenters. The molecule has 7 heteroatoms. The molecule has 2 rings (SSSR count). The molecule has 0 saturated carbocycles. The van der Waals surface area contributed by atoms with E-state index in [4.69, 9.17) is 21.1 Å². The highest BCUT2D eigenvalue weighted by Crippen LogP contribution is 2.28. The van der Waals surface area contributed by atoms with E-state index in [2.05, 4.69) is 10.6 Å². The van der Waals surface area contributed by atoms with Crippen LogP contribution in [0.2, 0.25) is 5.02 Å². The Labute approximate surface area is 163 Å².